The largest absolute Gasteiger partial charge is 0.497 e. The van der Waals surface area contributed by atoms with E-state index < -0.39 is 0 Å². The topological polar surface area (TPSA) is 22.4 Å². The second-order valence-corrected chi connectivity index (χ2v) is 4.50. The molecule has 0 saturated heterocycles. The number of aryl methyl sites for hydroxylation is 1. The van der Waals surface area contributed by atoms with Gasteiger partial charge < -0.3 is 9.15 Å². The van der Waals surface area contributed by atoms with Crippen molar-refractivity contribution in [2.45, 2.75) is 18.7 Å². The Kier molecular flexibility index (Phi) is 3.75. The standard InChI is InChI=1S/C14H15ClO2/c1-10-6-7-14(17-10)13(15)9-11-4-3-5-12(8-11)16-2/h3-8,13H,9H2,1-2H3. The first-order valence-corrected chi connectivity index (χ1v) is 5.96. The van der Waals surface area contributed by atoms with Crippen LogP contribution in [0.2, 0.25) is 0 Å². The zero-order chi connectivity index (χ0) is 12.3. The molecule has 1 unspecified atom stereocenters. The zero-order valence-corrected chi connectivity index (χ0v) is 10.7. The van der Waals surface area contributed by atoms with Gasteiger partial charge in [-0.15, -0.1) is 11.6 Å². The number of halogens is 1. The van der Waals surface area contributed by atoms with Gasteiger partial charge in [0, 0.05) is 0 Å². The fourth-order valence-electron chi connectivity index (χ4n) is 1.73. The highest BCUT2D eigenvalue weighted by Crippen LogP contribution is 2.27. The van der Waals surface area contributed by atoms with E-state index in [2.05, 4.69) is 0 Å². The Hall–Kier alpha value is -1.41. The number of hydrogen-bond donors (Lipinski definition) is 0. The minimum Gasteiger partial charge on any atom is -0.497 e. The van der Waals surface area contributed by atoms with Crippen molar-refractivity contribution >= 4 is 11.6 Å². The van der Waals surface area contributed by atoms with Crippen LogP contribution in [0.4, 0.5) is 0 Å². The molecule has 0 bridgehead atoms. The maximum absolute atomic E-state index is 6.32. The van der Waals surface area contributed by atoms with E-state index in [4.69, 9.17) is 20.8 Å². The molecule has 2 nitrogen and oxygen atoms in total. The van der Waals surface area contributed by atoms with Gasteiger partial charge in [-0.05, 0) is 43.2 Å². The van der Waals surface area contributed by atoms with Crippen molar-refractivity contribution in [3.8, 4) is 5.75 Å². The highest BCUT2D eigenvalue weighted by molar-refractivity contribution is 6.20. The molecule has 0 fully saturated rings. The Morgan fingerprint density at radius 2 is 2.12 bits per heavy atom. The van der Waals surface area contributed by atoms with Gasteiger partial charge in [-0.3, -0.25) is 0 Å². The van der Waals surface area contributed by atoms with Crippen LogP contribution in [0.5, 0.6) is 5.75 Å². The number of benzene rings is 1. The molecule has 0 N–H and O–H groups in total. The Labute approximate surface area is 106 Å². The summed E-state index contributed by atoms with van der Waals surface area (Å²) in [4.78, 5) is 0. The second kappa shape index (κ2) is 5.28. The van der Waals surface area contributed by atoms with E-state index in [9.17, 15) is 0 Å². The van der Waals surface area contributed by atoms with Crippen LogP contribution in [0.25, 0.3) is 0 Å². The van der Waals surface area contributed by atoms with Gasteiger partial charge in [0.25, 0.3) is 0 Å². The molecule has 1 heterocycles. The van der Waals surface area contributed by atoms with E-state index in [0.29, 0.717) is 0 Å². The second-order valence-electron chi connectivity index (χ2n) is 3.97. The van der Waals surface area contributed by atoms with E-state index in [0.717, 1.165) is 29.3 Å². The van der Waals surface area contributed by atoms with Crippen LogP contribution in [0.3, 0.4) is 0 Å². The van der Waals surface area contributed by atoms with Crippen LogP contribution in [0, 0.1) is 6.92 Å². The minimum absolute atomic E-state index is 0.143. The Morgan fingerprint density at radius 1 is 1.29 bits per heavy atom. The summed E-state index contributed by atoms with van der Waals surface area (Å²) >= 11 is 6.32. The molecule has 17 heavy (non-hydrogen) atoms. The van der Waals surface area contributed by atoms with E-state index >= 15 is 0 Å². The normalized spacial score (nSPS) is 12.4. The fourth-order valence-corrected chi connectivity index (χ4v) is 2.02. The van der Waals surface area contributed by atoms with E-state index in [1.165, 1.54) is 0 Å². The third kappa shape index (κ3) is 3.04. The first kappa shape index (κ1) is 12.1. The van der Waals surface area contributed by atoms with Crippen molar-refractivity contribution in [2.24, 2.45) is 0 Å². The van der Waals surface area contributed by atoms with Gasteiger partial charge in [0.1, 0.15) is 17.3 Å². The maximum Gasteiger partial charge on any atom is 0.122 e. The Balaban J connectivity index is 2.09. The maximum atomic E-state index is 6.32. The average molecular weight is 251 g/mol. The van der Waals surface area contributed by atoms with Gasteiger partial charge in [0.2, 0.25) is 0 Å². The first-order chi connectivity index (χ1) is 8.19. The summed E-state index contributed by atoms with van der Waals surface area (Å²) < 4.78 is 10.7. The smallest absolute Gasteiger partial charge is 0.122 e. The number of ether oxygens (including phenoxy) is 1. The molecule has 2 rings (SSSR count). The summed E-state index contributed by atoms with van der Waals surface area (Å²) in [5.74, 6) is 2.55. The molecule has 0 radical (unpaired) electrons. The van der Waals surface area contributed by atoms with Gasteiger partial charge in [0.15, 0.2) is 0 Å². The Bertz CT molecular complexity index is 490. The van der Waals surface area contributed by atoms with Crippen LogP contribution >= 0.6 is 11.6 Å². The van der Waals surface area contributed by atoms with Crippen LogP contribution < -0.4 is 4.74 Å². The third-order valence-electron chi connectivity index (χ3n) is 2.62. The predicted molar refractivity (Wildman–Crippen MR) is 68.7 cm³/mol. The molecular formula is C14H15ClO2. The monoisotopic (exact) mass is 250 g/mol. The lowest BCUT2D eigenvalue weighted by Crippen LogP contribution is -1.95. The molecule has 1 aromatic heterocycles. The summed E-state index contributed by atoms with van der Waals surface area (Å²) in [6.45, 7) is 1.92. The number of rotatable bonds is 4. The third-order valence-corrected chi connectivity index (χ3v) is 2.99. The molecule has 2 aromatic rings. The van der Waals surface area contributed by atoms with Crippen molar-refractivity contribution < 1.29 is 9.15 Å². The molecule has 3 heteroatoms. The first-order valence-electron chi connectivity index (χ1n) is 5.52. The van der Waals surface area contributed by atoms with Crippen molar-refractivity contribution in [2.75, 3.05) is 7.11 Å². The molecule has 0 aliphatic heterocycles. The molecule has 90 valence electrons. The van der Waals surface area contributed by atoms with Crippen molar-refractivity contribution in [3.63, 3.8) is 0 Å². The summed E-state index contributed by atoms with van der Waals surface area (Å²) in [5.41, 5.74) is 1.14. The number of furan rings is 1. The number of alkyl halides is 1. The lowest BCUT2D eigenvalue weighted by atomic mass is 10.1. The van der Waals surface area contributed by atoms with Gasteiger partial charge in [0.05, 0.1) is 12.5 Å². The molecule has 1 atom stereocenters. The van der Waals surface area contributed by atoms with Gasteiger partial charge in [-0.2, -0.15) is 0 Å². The summed E-state index contributed by atoms with van der Waals surface area (Å²) in [6.07, 6.45) is 0.728. The summed E-state index contributed by atoms with van der Waals surface area (Å²) in [5, 5.41) is -0.143. The number of hydrogen-bond acceptors (Lipinski definition) is 2. The van der Waals surface area contributed by atoms with Crippen LogP contribution in [0.1, 0.15) is 22.5 Å². The molecule has 0 aliphatic rings. The van der Waals surface area contributed by atoms with Crippen LogP contribution in [0.15, 0.2) is 40.8 Å². The van der Waals surface area contributed by atoms with Crippen LogP contribution in [-0.2, 0) is 6.42 Å². The quantitative estimate of drug-likeness (QED) is 0.762. The van der Waals surface area contributed by atoms with Crippen molar-refractivity contribution in [1.29, 1.82) is 0 Å². The SMILES string of the molecule is COc1cccc(CC(Cl)c2ccc(C)o2)c1. The van der Waals surface area contributed by atoms with E-state index in [-0.39, 0.29) is 5.38 Å². The van der Waals surface area contributed by atoms with E-state index in [1.807, 2.05) is 43.3 Å². The zero-order valence-electron chi connectivity index (χ0n) is 9.94. The molecule has 0 amide bonds. The van der Waals surface area contributed by atoms with Crippen molar-refractivity contribution in [3.05, 3.63) is 53.5 Å². The number of methoxy groups -OCH3 is 1. The van der Waals surface area contributed by atoms with Gasteiger partial charge in [-0.25, -0.2) is 0 Å². The lowest BCUT2D eigenvalue weighted by molar-refractivity contribution is 0.414. The molecule has 0 aliphatic carbocycles. The Morgan fingerprint density at radius 3 is 2.76 bits per heavy atom. The molecule has 1 aromatic carbocycles. The van der Waals surface area contributed by atoms with Gasteiger partial charge in [-0.1, -0.05) is 12.1 Å². The predicted octanol–water partition coefficient (Wildman–Crippen LogP) is 4.12. The summed E-state index contributed by atoms with van der Waals surface area (Å²) in [7, 11) is 1.66. The van der Waals surface area contributed by atoms with E-state index in [1.54, 1.807) is 7.11 Å². The highest BCUT2D eigenvalue weighted by Gasteiger charge is 2.12. The van der Waals surface area contributed by atoms with Crippen molar-refractivity contribution in [1.82, 2.24) is 0 Å². The average Bonchev–Trinajstić information content (AvgIpc) is 2.76. The highest BCUT2D eigenvalue weighted by atomic mass is 35.5. The molecule has 0 saturated carbocycles. The van der Waals surface area contributed by atoms with Gasteiger partial charge >= 0.3 is 0 Å². The minimum atomic E-state index is -0.143. The van der Waals surface area contributed by atoms with Crippen LogP contribution in [-0.4, -0.2) is 7.11 Å². The lowest BCUT2D eigenvalue weighted by Gasteiger charge is -2.08. The molecular weight excluding hydrogens is 236 g/mol. The summed E-state index contributed by atoms with van der Waals surface area (Å²) in [6, 6.07) is 11.8. The fraction of sp³-hybridized carbons (Fsp3) is 0.286. The molecule has 0 spiro atoms.